The molecule has 3 aromatic heterocycles. The molecule has 0 aliphatic rings. The Morgan fingerprint density at radius 3 is 2.67 bits per heavy atom. The average Bonchev–Trinajstić information content (AvgIpc) is 3.13. The van der Waals surface area contributed by atoms with Gasteiger partial charge in [0, 0.05) is 22.5 Å². The van der Waals surface area contributed by atoms with E-state index in [1.807, 2.05) is 43.5 Å². The third-order valence-electron chi connectivity index (χ3n) is 3.77. The number of methoxy groups -OCH3 is 1. The molecule has 104 valence electrons. The van der Waals surface area contributed by atoms with Gasteiger partial charge in [-0.05, 0) is 37.3 Å². The normalized spacial score (nSPS) is 11.3. The molecule has 5 nitrogen and oxygen atoms in total. The first-order valence-electron chi connectivity index (χ1n) is 6.74. The zero-order valence-corrected chi connectivity index (χ0v) is 11.8. The van der Waals surface area contributed by atoms with Crippen LogP contribution in [0.5, 0.6) is 5.75 Å². The van der Waals surface area contributed by atoms with Crippen molar-refractivity contribution in [3.05, 3.63) is 42.2 Å². The minimum absolute atomic E-state index is 0.835. The Bertz CT molecular complexity index is 934. The number of fused-ring (bicyclic) bond motifs is 3. The summed E-state index contributed by atoms with van der Waals surface area (Å²) in [6, 6.07) is 9.91. The third-order valence-corrected chi connectivity index (χ3v) is 3.77. The molecule has 0 aliphatic heterocycles. The van der Waals surface area contributed by atoms with Gasteiger partial charge in [-0.25, -0.2) is 4.98 Å². The van der Waals surface area contributed by atoms with Gasteiger partial charge in [0.25, 0.3) is 0 Å². The van der Waals surface area contributed by atoms with Crippen LogP contribution in [-0.4, -0.2) is 27.3 Å². The Kier molecular flexibility index (Phi) is 2.47. The number of aromatic amines is 2. The number of rotatable bonds is 2. The number of benzene rings is 1. The second-order valence-electron chi connectivity index (χ2n) is 4.99. The molecule has 4 aromatic rings. The first-order valence-corrected chi connectivity index (χ1v) is 6.74. The van der Waals surface area contributed by atoms with E-state index in [1.54, 1.807) is 7.11 Å². The average molecular weight is 278 g/mol. The molecule has 0 bridgehead atoms. The van der Waals surface area contributed by atoms with E-state index in [2.05, 4.69) is 20.2 Å². The minimum Gasteiger partial charge on any atom is -0.497 e. The van der Waals surface area contributed by atoms with E-state index in [-0.39, 0.29) is 0 Å². The van der Waals surface area contributed by atoms with Gasteiger partial charge >= 0.3 is 0 Å². The number of hydrogen-bond donors (Lipinski definition) is 2. The van der Waals surface area contributed by atoms with Crippen molar-refractivity contribution in [2.24, 2.45) is 0 Å². The van der Waals surface area contributed by atoms with Crippen molar-refractivity contribution in [1.82, 2.24) is 20.2 Å². The van der Waals surface area contributed by atoms with Crippen LogP contribution in [0.15, 0.2) is 36.5 Å². The molecule has 0 amide bonds. The summed E-state index contributed by atoms with van der Waals surface area (Å²) in [5, 5.41) is 9.76. The topological polar surface area (TPSA) is 66.6 Å². The van der Waals surface area contributed by atoms with Crippen molar-refractivity contribution in [2.75, 3.05) is 7.11 Å². The van der Waals surface area contributed by atoms with E-state index in [4.69, 9.17) is 4.74 Å². The van der Waals surface area contributed by atoms with Crippen LogP contribution < -0.4 is 4.74 Å². The van der Waals surface area contributed by atoms with Gasteiger partial charge < -0.3 is 9.72 Å². The molecule has 0 fully saturated rings. The molecule has 0 atom stereocenters. The molecule has 5 heteroatoms. The van der Waals surface area contributed by atoms with Crippen LogP contribution in [0.25, 0.3) is 33.2 Å². The zero-order valence-electron chi connectivity index (χ0n) is 11.8. The lowest BCUT2D eigenvalue weighted by Crippen LogP contribution is -1.87. The van der Waals surface area contributed by atoms with Crippen molar-refractivity contribution in [3.8, 4) is 17.0 Å². The lowest BCUT2D eigenvalue weighted by Gasteiger charge is -2.03. The number of H-pyrrole nitrogens is 2. The van der Waals surface area contributed by atoms with E-state index in [0.717, 1.165) is 44.6 Å². The number of hydrogen-bond acceptors (Lipinski definition) is 3. The standard InChI is InChI=1S/C16H14N4O/c1-9-13-14(10-3-5-11(21-2)6-4-10)19-20-15(13)12-7-8-17-16(12)18-9/h3-8H,1-2H3,(H,17,18)(H,19,20). The molecular formula is C16H14N4O. The van der Waals surface area contributed by atoms with Crippen LogP contribution in [0.3, 0.4) is 0 Å². The van der Waals surface area contributed by atoms with Crippen molar-refractivity contribution < 1.29 is 4.74 Å². The van der Waals surface area contributed by atoms with Gasteiger partial charge in [-0.1, -0.05) is 0 Å². The third kappa shape index (κ3) is 1.71. The molecule has 21 heavy (non-hydrogen) atoms. The number of aryl methyl sites for hydroxylation is 1. The molecular weight excluding hydrogens is 264 g/mol. The van der Waals surface area contributed by atoms with Crippen molar-refractivity contribution in [2.45, 2.75) is 6.92 Å². The predicted octanol–water partition coefficient (Wildman–Crippen LogP) is 3.42. The van der Waals surface area contributed by atoms with E-state index in [1.165, 1.54) is 0 Å². The first kappa shape index (κ1) is 12.0. The number of ether oxygens (including phenoxy) is 1. The van der Waals surface area contributed by atoms with E-state index < -0.39 is 0 Å². The molecule has 1 aromatic carbocycles. The maximum Gasteiger partial charge on any atom is 0.139 e. The van der Waals surface area contributed by atoms with Crippen LogP contribution in [0.4, 0.5) is 0 Å². The lowest BCUT2D eigenvalue weighted by molar-refractivity contribution is 0.415. The van der Waals surface area contributed by atoms with Gasteiger partial charge in [0.1, 0.15) is 17.1 Å². The number of pyridine rings is 1. The van der Waals surface area contributed by atoms with Gasteiger partial charge in [0.2, 0.25) is 0 Å². The monoisotopic (exact) mass is 278 g/mol. The second-order valence-corrected chi connectivity index (χ2v) is 4.99. The fourth-order valence-electron chi connectivity index (χ4n) is 2.73. The smallest absolute Gasteiger partial charge is 0.139 e. The quantitative estimate of drug-likeness (QED) is 0.590. The first-order chi connectivity index (χ1) is 10.3. The number of nitrogens with one attached hydrogen (secondary N) is 2. The van der Waals surface area contributed by atoms with Gasteiger partial charge in [-0.15, -0.1) is 0 Å². The largest absolute Gasteiger partial charge is 0.497 e. The molecule has 0 radical (unpaired) electrons. The van der Waals surface area contributed by atoms with Gasteiger partial charge in [0.15, 0.2) is 0 Å². The SMILES string of the molecule is COc1ccc(-c2n[nH]c3c2c(C)nc2[nH]ccc23)cc1. The molecule has 0 spiro atoms. The van der Waals surface area contributed by atoms with Gasteiger partial charge in [0.05, 0.1) is 18.3 Å². The van der Waals surface area contributed by atoms with Crippen LogP contribution in [0, 0.1) is 6.92 Å². The zero-order chi connectivity index (χ0) is 14.4. The minimum atomic E-state index is 0.835. The summed E-state index contributed by atoms with van der Waals surface area (Å²) < 4.78 is 5.20. The molecule has 3 heterocycles. The number of nitrogens with zero attached hydrogens (tertiary/aromatic N) is 2. The number of aromatic nitrogens is 4. The highest BCUT2D eigenvalue weighted by molar-refractivity contribution is 6.08. The highest BCUT2D eigenvalue weighted by atomic mass is 16.5. The van der Waals surface area contributed by atoms with Crippen LogP contribution in [-0.2, 0) is 0 Å². The van der Waals surface area contributed by atoms with Gasteiger partial charge in [-0.2, -0.15) is 5.10 Å². The van der Waals surface area contributed by atoms with E-state index in [0.29, 0.717) is 0 Å². The highest BCUT2D eigenvalue weighted by Gasteiger charge is 2.15. The van der Waals surface area contributed by atoms with Crippen molar-refractivity contribution >= 4 is 21.9 Å². The lowest BCUT2D eigenvalue weighted by atomic mass is 10.1. The second kappa shape index (κ2) is 4.34. The Labute approximate surface area is 121 Å². The van der Waals surface area contributed by atoms with Crippen LogP contribution in [0.2, 0.25) is 0 Å². The summed E-state index contributed by atoms with van der Waals surface area (Å²) in [5.41, 5.74) is 4.82. The molecule has 0 saturated carbocycles. The summed E-state index contributed by atoms with van der Waals surface area (Å²) in [7, 11) is 1.66. The fourth-order valence-corrected chi connectivity index (χ4v) is 2.73. The summed E-state index contributed by atoms with van der Waals surface area (Å²) in [6.07, 6.45) is 1.89. The summed E-state index contributed by atoms with van der Waals surface area (Å²) >= 11 is 0. The fraction of sp³-hybridized carbons (Fsp3) is 0.125. The van der Waals surface area contributed by atoms with E-state index >= 15 is 0 Å². The van der Waals surface area contributed by atoms with Crippen molar-refractivity contribution in [3.63, 3.8) is 0 Å². The molecule has 2 N–H and O–H groups in total. The summed E-state index contributed by atoms with van der Waals surface area (Å²) in [6.45, 7) is 2.01. The summed E-state index contributed by atoms with van der Waals surface area (Å²) in [4.78, 5) is 7.76. The Hall–Kier alpha value is -2.82. The summed E-state index contributed by atoms with van der Waals surface area (Å²) in [5.74, 6) is 0.835. The highest BCUT2D eigenvalue weighted by Crippen LogP contribution is 2.32. The van der Waals surface area contributed by atoms with Gasteiger partial charge in [-0.3, -0.25) is 5.10 Å². The van der Waals surface area contributed by atoms with Crippen LogP contribution in [0.1, 0.15) is 5.69 Å². The van der Waals surface area contributed by atoms with E-state index in [9.17, 15) is 0 Å². The molecule has 4 rings (SSSR count). The predicted molar refractivity (Wildman–Crippen MR) is 82.5 cm³/mol. The molecule has 0 saturated heterocycles. The maximum absolute atomic E-state index is 5.20. The maximum atomic E-state index is 5.20. The Morgan fingerprint density at radius 2 is 1.90 bits per heavy atom. The molecule has 0 aliphatic carbocycles. The van der Waals surface area contributed by atoms with Crippen LogP contribution >= 0.6 is 0 Å². The Balaban J connectivity index is 2.00. The Morgan fingerprint density at radius 1 is 1.10 bits per heavy atom. The van der Waals surface area contributed by atoms with Crippen molar-refractivity contribution in [1.29, 1.82) is 0 Å². The molecule has 0 unspecified atom stereocenters.